The minimum Gasteiger partial charge on any atom is -1.00 e. The third-order valence-corrected chi connectivity index (χ3v) is 28.9. The monoisotopic (exact) mass is 772 g/mol. The summed E-state index contributed by atoms with van der Waals surface area (Å²) in [5.74, 6) is 3.53. The van der Waals surface area contributed by atoms with E-state index in [0.717, 1.165) is 17.8 Å². The molecule has 4 bridgehead atoms. The summed E-state index contributed by atoms with van der Waals surface area (Å²) in [4.78, 5) is 0. The molecule has 10 aliphatic rings. The first-order chi connectivity index (χ1) is 22.2. The Labute approximate surface area is 318 Å². The molecule has 3 heteroatoms. The molecule has 0 N–H and O–H groups in total. The molecule has 0 spiro atoms. The molecule has 10 rings (SSSR count). The van der Waals surface area contributed by atoms with Gasteiger partial charge in [-0.05, 0) is 0 Å². The third-order valence-electron chi connectivity index (χ3n) is 19.2. The molecule has 6 saturated carbocycles. The van der Waals surface area contributed by atoms with Crippen LogP contribution in [0.4, 0.5) is 0 Å². The van der Waals surface area contributed by atoms with Crippen LogP contribution in [0, 0.1) is 67.0 Å². The molecule has 262 valence electrons. The Morgan fingerprint density at radius 3 is 1.69 bits per heavy atom. The van der Waals surface area contributed by atoms with Crippen LogP contribution in [0.15, 0.2) is 93.9 Å². The van der Waals surface area contributed by atoms with Crippen molar-refractivity contribution in [3.05, 3.63) is 93.9 Å². The minimum atomic E-state index is -2.57. The van der Waals surface area contributed by atoms with Gasteiger partial charge in [0.15, 0.2) is 0 Å². The summed E-state index contributed by atoms with van der Waals surface area (Å²) in [7, 11) is 0. The molecule has 0 aliphatic heterocycles. The average molecular weight is 775 g/mol. The van der Waals surface area contributed by atoms with E-state index in [4.69, 9.17) is 0 Å². The van der Waals surface area contributed by atoms with Gasteiger partial charge in [0.05, 0.1) is 0 Å². The Morgan fingerprint density at radius 2 is 1.16 bits per heavy atom. The Kier molecular flexibility index (Phi) is 8.32. The van der Waals surface area contributed by atoms with E-state index >= 15 is 0 Å². The summed E-state index contributed by atoms with van der Waals surface area (Å²) in [5, 5.41) is 0. The molecule has 10 aliphatic carbocycles. The maximum Gasteiger partial charge on any atom is -1.00 e. The largest absolute Gasteiger partial charge is 1.00 e. The number of rotatable bonds is 3. The summed E-state index contributed by atoms with van der Waals surface area (Å²) in [6.45, 7) is 24.6. The van der Waals surface area contributed by atoms with Crippen molar-refractivity contribution >= 4 is 3.21 Å². The Bertz CT molecular complexity index is 1710. The Balaban J connectivity index is 0.00000189. The van der Waals surface area contributed by atoms with Gasteiger partial charge in [0.1, 0.15) is 0 Å². The van der Waals surface area contributed by atoms with Crippen molar-refractivity contribution in [3.8, 4) is 0 Å². The van der Waals surface area contributed by atoms with Crippen LogP contribution in [-0.2, 0) is 21.3 Å². The molecule has 0 aromatic carbocycles. The number of halogens is 2. The molecule has 0 aromatic heterocycles. The van der Waals surface area contributed by atoms with Gasteiger partial charge in [-0.15, -0.1) is 0 Å². The van der Waals surface area contributed by atoms with Crippen molar-refractivity contribution in [1.82, 2.24) is 0 Å². The van der Waals surface area contributed by atoms with Gasteiger partial charge in [0, 0.05) is 0 Å². The molecule has 0 radical (unpaired) electrons. The standard InChI is InChI=1S/C29H37.C12H18.C5H5.2ClH.Zr/c1-21-14-13-15-22-20-27(6)25(4)18-10-9-16-23(25,2)24(3)17-11-12-19-26(24,5)29(27,8)28(21,22)7;1-2-12-6-9-3-10(7-12)5-11(4-9)8-12;1-2-4-5-3-1;;;/h9-20,22H,1-8H3;9-11H,3-8H2,1H3;1-3H,4H2;2*1H;/q;;;;;+2/p-2. The van der Waals surface area contributed by atoms with E-state index in [0.29, 0.717) is 15.0 Å². The zero-order valence-electron chi connectivity index (χ0n) is 31.7. The van der Waals surface area contributed by atoms with E-state index < -0.39 is 21.3 Å². The van der Waals surface area contributed by atoms with Crippen LogP contribution in [-0.4, -0.2) is 3.21 Å². The van der Waals surface area contributed by atoms with Crippen LogP contribution in [0.3, 0.4) is 0 Å². The van der Waals surface area contributed by atoms with Crippen LogP contribution in [0.2, 0.25) is 3.63 Å². The zero-order chi connectivity index (χ0) is 33.0. The fraction of sp³-hybridized carbons (Fsp3) is 0.630. The predicted octanol–water partition coefficient (Wildman–Crippen LogP) is 6.11. The summed E-state index contributed by atoms with van der Waals surface area (Å²) < 4.78 is 4.70. The molecule has 9 unspecified atom stereocenters. The first kappa shape index (κ1) is 36.6. The Morgan fingerprint density at radius 1 is 0.653 bits per heavy atom. The van der Waals surface area contributed by atoms with Crippen LogP contribution in [0.25, 0.3) is 0 Å². The molecule has 0 nitrogen and oxygen atoms in total. The van der Waals surface area contributed by atoms with Gasteiger partial charge in [0.25, 0.3) is 0 Å². The van der Waals surface area contributed by atoms with Crippen LogP contribution < -0.4 is 24.8 Å². The SMILES string of the molecule is CC1=CC=CC2[CH](/[Zr+2]([C]3=CC=CC3)=[C](\C)C34CC5CC(CC(C5)C3)C4)C3(C)C4(C)C=CC=CC4(C)C4(C)C=CC=CC4(C)C3(C)C12C.[Cl-].[Cl-]. The van der Waals surface area contributed by atoms with Crippen LogP contribution >= 0.6 is 0 Å². The second-order valence-corrected chi connectivity index (χ2v) is 26.6. The minimum absolute atomic E-state index is 0. The number of hydrogen-bond donors (Lipinski definition) is 0. The first-order valence-corrected chi connectivity index (χ1v) is 23.2. The van der Waals surface area contributed by atoms with Crippen LogP contribution in [0.5, 0.6) is 0 Å². The second-order valence-electron chi connectivity index (χ2n) is 19.6. The second kappa shape index (κ2) is 11.1. The van der Waals surface area contributed by atoms with Crippen molar-refractivity contribution in [2.75, 3.05) is 0 Å². The number of allylic oxidation sites excluding steroid dienone is 16. The molecule has 9 atom stereocenters. The summed E-state index contributed by atoms with van der Waals surface area (Å²) in [6, 6.07) is 0. The van der Waals surface area contributed by atoms with Crippen LogP contribution in [0.1, 0.15) is 107 Å². The van der Waals surface area contributed by atoms with E-state index in [2.05, 4.69) is 151 Å². The molecule has 0 amide bonds. The van der Waals surface area contributed by atoms with Gasteiger partial charge >= 0.3 is 296 Å². The van der Waals surface area contributed by atoms with Crippen molar-refractivity contribution in [1.29, 1.82) is 0 Å². The summed E-state index contributed by atoms with van der Waals surface area (Å²) in [5.41, 5.74) is 2.21. The van der Waals surface area contributed by atoms with E-state index in [1.54, 1.807) is 5.57 Å². The Hall–Kier alpha value is -0.747. The number of hydrogen-bond acceptors (Lipinski definition) is 0. The topological polar surface area (TPSA) is 0 Å². The molecule has 0 heterocycles. The molecule has 0 aromatic rings. The zero-order valence-corrected chi connectivity index (χ0v) is 35.6. The molecule has 6 fully saturated rings. The average Bonchev–Trinajstić information content (AvgIpc) is 3.61. The van der Waals surface area contributed by atoms with Crippen molar-refractivity contribution in [2.24, 2.45) is 67.0 Å². The van der Waals surface area contributed by atoms with Gasteiger partial charge < -0.3 is 24.8 Å². The van der Waals surface area contributed by atoms with Gasteiger partial charge in [-0.1, -0.05) is 0 Å². The fourth-order valence-corrected chi connectivity index (χ4v) is 28.2. The van der Waals surface area contributed by atoms with E-state index in [1.165, 1.54) is 44.9 Å². The quantitative estimate of drug-likeness (QED) is 0.325. The van der Waals surface area contributed by atoms with Crippen molar-refractivity contribution in [2.45, 2.75) is 111 Å². The van der Waals surface area contributed by atoms with E-state index in [9.17, 15) is 0 Å². The van der Waals surface area contributed by atoms with E-state index in [1.807, 2.05) is 3.28 Å². The molecular formula is C46H60Cl2Zr. The van der Waals surface area contributed by atoms with Gasteiger partial charge in [-0.25, -0.2) is 0 Å². The predicted molar refractivity (Wildman–Crippen MR) is 197 cm³/mol. The smallest absolute Gasteiger partial charge is 1.00 e. The summed E-state index contributed by atoms with van der Waals surface area (Å²) >= 11 is -2.57. The van der Waals surface area contributed by atoms with Crippen molar-refractivity contribution < 1.29 is 46.1 Å². The van der Waals surface area contributed by atoms with Gasteiger partial charge in [0.2, 0.25) is 0 Å². The maximum atomic E-state index is 2.89. The third kappa shape index (κ3) is 3.77. The summed E-state index contributed by atoms with van der Waals surface area (Å²) in [6.07, 6.45) is 46.2. The number of fused-ring (bicyclic) bond motifs is 8. The maximum absolute atomic E-state index is 2.89. The molecular weight excluding hydrogens is 715 g/mol. The molecule has 49 heavy (non-hydrogen) atoms. The normalized spacial score (nSPS) is 53.5. The fourth-order valence-electron chi connectivity index (χ4n) is 16.4. The van der Waals surface area contributed by atoms with Crippen molar-refractivity contribution in [3.63, 3.8) is 0 Å². The van der Waals surface area contributed by atoms with Gasteiger partial charge in [-0.2, -0.15) is 0 Å². The van der Waals surface area contributed by atoms with E-state index in [-0.39, 0.29) is 62.7 Å². The first-order valence-electron chi connectivity index (χ1n) is 19.3. The molecule has 0 saturated heterocycles. The van der Waals surface area contributed by atoms with Gasteiger partial charge in [-0.3, -0.25) is 0 Å².